The molecule has 0 aliphatic rings. The standard InChI is InChI=1S/C5H10F2O/c1-5(2,8-3)4(6)7/h4H,1-3H3. The van der Waals surface area contributed by atoms with E-state index in [1.54, 1.807) is 0 Å². The van der Waals surface area contributed by atoms with Crippen molar-refractivity contribution in [2.45, 2.75) is 25.9 Å². The van der Waals surface area contributed by atoms with Crippen molar-refractivity contribution < 1.29 is 13.5 Å². The number of methoxy groups -OCH3 is 1. The van der Waals surface area contributed by atoms with Gasteiger partial charge in [-0.3, -0.25) is 0 Å². The predicted octanol–water partition coefficient (Wildman–Crippen LogP) is 1.68. The van der Waals surface area contributed by atoms with Crippen molar-refractivity contribution in [3.63, 3.8) is 0 Å². The fraction of sp³-hybridized carbons (Fsp3) is 1.00. The van der Waals surface area contributed by atoms with Crippen molar-refractivity contribution >= 4 is 0 Å². The molecule has 8 heavy (non-hydrogen) atoms. The van der Waals surface area contributed by atoms with Crippen LogP contribution in [0.3, 0.4) is 0 Å². The van der Waals surface area contributed by atoms with Gasteiger partial charge < -0.3 is 4.74 Å². The van der Waals surface area contributed by atoms with E-state index in [2.05, 4.69) is 4.74 Å². The van der Waals surface area contributed by atoms with Gasteiger partial charge in [0.1, 0.15) is 5.60 Å². The highest BCUT2D eigenvalue weighted by molar-refractivity contribution is 4.69. The Morgan fingerprint density at radius 2 is 1.75 bits per heavy atom. The molecule has 0 aliphatic carbocycles. The quantitative estimate of drug-likeness (QED) is 0.544. The van der Waals surface area contributed by atoms with E-state index in [4.69, 9.17) is 0 Å². The van der Waals surface area contributed by atoms with Gasteiger partial charge in [0.15, 0.2) is 0 Å². The molecule has 0 heterocycles. The summed E-state index contributed by atoms with van der Waals surface area (Å²) in [6.07, 6.45) is -2.41. The van der Waals surface area contributed by atoms with Gasteiger partial charge in [-0.15, -0.1) is 0 Å². The number of rotatable bonds is 2. The van der Waals surface area contributed by atoms with Crippen molar-refractivity contribution in [1.82, 2.24) is 0 Å². The Kier molecular flexibility index (Phi) is 2.34. The molecule has 0 amide bonds. The number of halogens is 2. The van der Waals surface area contributed by atoms with E-state index in [1.165, 1.54) is 21.0 Å². The monoisotopic (exact) mass is 124 g/mol. The van der Waals surface area contributed by atoms with Crippen molar-refractivity contribution in [3.8, 4) is 0 Å². The third-order valence-electron chi connectivity index (χ3n) is 1.05. The van der Waals surface area contributed by atoms with E-state index >= 15 is 0 Å². The zero-order chi connectivity index (χ0) is 6.78. The normalized spacial score (nSPS) is 12.8. The van der Waals surface area contributed by atoms with E-state index < -0.39 is 12.0 Å². The number of alkyl halides is 2. The summed E-state index contributed by atoms with van der Waals surface area (Å²) in [5.41, 5.74) is -1.29. The highest BCUT2D eigenvalue weighted by Gasteiger charge is 2.28. The third kappa shape index (κ3) is 1.74. The molecule has 3 heteroatoms. The van der Waals surface area contributed by atoms with E-state index in [0.29, 0.717) is 0 Å². The van der Waals surface area contributed by atoms with Gasteiger partial charge in [0.05, 0.1) is 0 Å². The summed E-state index contributed by atoms with van der Waals surface area (Å²) in [7, 11) is 1.27. The first kappa shape index (κ1) is 7.82. The van der Waals surface area contributed by atoms with Crippen LogP contribution in [0.1, 0.15) is 13.8 Å². The lowest BCUT2D eigenvalue weighted by atomic mass is 10.1. The first-order valence-electron chi connectivity index (χ1n) is 2.34. The highest BCUT2D eigenvalue weighted by atomic mass is 19.3. The molecule has 0 fully saturated rings. The second kappa shape index (κ2) is 2.40. The van der Waals surface area contributed by atoms with Crippen LogP contribution in [0, 0.1) is 0 Å². The van der Waals surface area contributed by atoms with E-state index in [0.717, 1.165) is 0 Å². The summed E-state index contributed by atoms with van der Waals surface area (Å²) in [6, 6.07) is 0. The molecule has 0 N–H and O–H groups in total. The van der Waals surface area contributed by atoms with Crippen LogP contribution in [0.25, 0.3) is 0 Å². The third-order valence-corrected chi connectivity index (χ3v) is 1.05. The first-order chi connectivity index (χ1) is 3.50. The van der Waals surface area contributed by atoms with Crippen LogP contribution in [0.5, 0.6) is 0 Å². The summed E-state index contributed by atoms with van der Waals surface area (Å²) in [4.78, 5) is 0. The molecular formula is C5H10F2O. The summed E-state index contributed by atoms with van der Waals surface area (Å²) < 4.78 is 27.8. The Morgan fingerprint density at radius 1 is 1.38 bits per heavy atom. The smallest absolute Gasteiger partial charge is 0.266 e. The average Bonchev–Trinajstić information content (AvgIpc) is 1.67. The summed E-state index contributed by atoms with van der Waals surface area (Å²) in [6.45, 7) is 2.69. The molecule has 50 valence electrons. The summed E-state index contributed by atoms with van der Waals surface area (Å²) in [5.74, 6) is 0. The minimum Gasteiger partial charge on any atom is -0.373 e. The topological polar surface area (TPSA) is 9.23 Å². The lowest BCUT2D eigenvalue weighted by Crippen LogP contribution is -2.31. The molecular weight excluding hydrogens is 114 g/mol. The largest absolute Gasteiger partial charge is 0.373 e. The van der Waals surface area contributed by atoms with Gasteiger partial charge in [0.25, 0.3) is 6.43 Å². The molecule has 0 atom stereocenters. The van der Waals surface area contributed by atoms with Gasteiger partial charge in [-0.1, -0.05) is 0 Å². The number of ether oxygens (including phenoxy) is 1. The minimum atomic E-state index is -2.41. The van der Waals surface area contributed by atoms with E-state index in [1.807, 2.05) is 0 Å². The van der Waals surface area contributed by atoms with Crippen LogP contribution in [0.4, 0.5) is 8.78 Å². The zero-order valence-electron chi connectivity index (χ0n) is 5.24. The van der Waals surface area contributed by atoms with Crippen LogP contribution in [-0.4, -0.2) is 19.1 Å². The molecule has 0 spiro atoms. The van der Waals surface area contributed by atoms with Crippen molar-refractivity contribution in [3.05, 3.63) is 0 Å². The van der Waals surface area contributed by atoms with Crippen molar-refractivity contribution in [2.24, 2.45) is 0 Å². The second-order valence-electron chi connectivity index (χ2n) is 2.11. The Morgan fingerprint density at radius 3 is 1.75 bits per heavy atom. The molecule has 1 nitrogen and oxygen atoms in total. The SMILES string of the molecule is COC(C)(C)C(F)F. The van der Waals surface area contributed by atoms with E-state index in [9.17, 15) is 8.78 Å². The van der Waals surface area contributed by atoms with Crippen LogP contribution in [0.15, 0.2) is 0 Å². The lowest BCUT2D eigenvalue weighted by Gasteiger charge is -2.20. The predicted molar refractivity (Wildman–Crippen MR) is 27.1 cm³/mol. The van der Waals surface area contributed by atoms with Crippen LogP contribution < -0.4 is 0 Å². The van der Waals surface area contributed by atoms with Crippen molar-refractivity contribution in [1.29, 1.82) is 0 Å². The molecule has 0 bridgehead atoms. The molecule has 0 aliphatic heterocycles. The molecule has 0 aromatic carbocycles. The zero-order valence-corrected chi connectivity index (χ0v) is 5.24. The maximum absolute atomic E-state index is 11.7. The van der Waals surface area contributed by atoms with Crippen molar-refractivity contribution in [2.75, 3.05) is 7.11 Å². The lowest BCUT2D eigenvalue weighted by molar-refractivity contribution is -0.0961. The Labute approximate surface area is 47.6 Å². The van der Waals surface area contributed by atoms with E-state index in [-0.39, 0.29) is 0 Å². The van der Waals surface area contributed by atoms with Gasteiger partial charge in [-0.2, -0.15) is 0 Å². The molecule has 0 saturated heterocycles. The van der Waals surface area contributed by atoms with Gasteiger partial charge in [-0.25, -0.2) is 8.78 Å². The number of hydrogen-bond donors (Lipinski definition) is 0. The van der Waals surface area contributed by atoms with Gasteiger partial charge >= 0.3 is 0 Å². The summed E-state index contributed by atoms with van der Waals surface area (Å²) >= 11 is 0. The van der Waals surface area contributed by atoms with Gasteiger partial charge in [0.2, 0.25) is 0 Å². The fourth-order valence-corrected chi connectivity index (χ4v) is 0.0891. The Hall–Kier alpha value is -0.180. The molecule has 0 unspecified atom stereocenters. The highest BCUT2D eigenvalue weighted by Crippen LogP contribution is 2.16. The van der Waals surface area contributed by atoms with Crippen LogP contribution in [0.2, 0.25) is 0 Å². The first-order valence-corrected chi connectivity index (χ1v) is 2.34. The van der Waals surface area contributed by atoms with Gasteiger partial charge in [-0.05, 0) is 13.8 Å². The maximum Gasteiger partial charge on any atom is 0.266 e. The Balaban J connectivity index is 3.71. The molecule has 0 aromatic heterocycles. The molecule has 0 saturated carbocycles. The molecule has 0 rings (SSSR count). The molecule has 0 radical (unpaired) electrons. The Bertz CT molecular complexity index is 70.8. The summed E-state index contributed by atoms with van der Waals surface area (Å²) in [5, 5.41) is 0. The van der Waals surface area contributed by atoms with Gasteiger partial charge in [0, 0.05) is 7.11 Å². The fourth-order valence-electron chi connectivity index (χ4n) is 0.0891. The molecule has 0 aromatic rings. The average molecular weight is 124 g/mol. The van der Waals surface area contributed by atoms with Crippen LogP contribution in [-0.2, 0) is 4.74 Å². The van der Waals surface area contributed by atoms with Crippen LogP contribution >= 0.6 is 0 Å². The maximum atomic E-state index is 11.7. The minimum absolute atomic E-state index is 1.27. The number of hydrogen-bond acceptors (Lipinski definition) is 1. The second-order valence-corrected chi connectivity index (χ2v) is 2.11.